The Kier molecular flexibility index (Phi) is 4.41. The fourth-order valence-electron chi connectivity index (χ4n) is 2.83. The molecule has 0 atom stereocenters. The van der Waals surface area contributed by atoms with Crippen LogP contribution in [0.2, 0.25) is 0 Å². The Morgan fingerprint density at radius 3 is 2.42 bits per heavy atom. The van der Waals surface area contributed by atoms with Crippen LogP contribution in [0.4, 0.5) is 0 Å². The van der Waals surface area contributed by atoms with Gasteiger partial charge in [0.05, 0.1) is 5.56 Å². The molecule has 7 heteroatoms. The summed E-state index contributed by atoms with van der Waals surface area (Å²) in [6, 6.07) is 8.10. The van der Waals surface area contributed by atoms with Gasteiger partial charge in [-0.25, -0.2) is 4.79 Å². The first-order chi connectivity index (χ1) is 12.2. The molecule has 0 spiro atoms. The molecule has 1 heterocycles. The number of hydrogen-bond donors (Lipinski definition) is 3. The number of phenols is 1. The summed E-state index contributed by atoms with van der Waals surface area (Å²) in [5.41, 5.74) is 2.75. The maximum absolute atomic E-state index is 11.1. The Hall–Kier alpha value is -2.93. The number of aliphatic hydroxyl groups excluding tert-OH is 1. The Bertz CT molecular complexity index is 986. The molecule has 0 aliphatic heterocycles. The third-order valence-corrected chi connectivity index (χ3v) is 4.20. The normalized spacial score (nSPS) is 11.8. The van der Waals surface area contributed by atoms with E-state index in [9.17, 15) is 15.0 Å². The fourth-order valence-corrected chi connectivity index (χ4v) is 2.83. The van der Waals surface area contributed by atoms with Gasteiger partial charge in [0.2, 0.25) is 0 Å². The van der Waals surface area contributed by atoms with Crippen LogP contribution in [-0.2, 0) is 11.8 Å². The molecule has 1 aromatic heterocycles. The van der Waals surface area contributed by atoms with Crippen LogP contribution in [0.3, 0.4) is 0 Å². The van der Waals surface area contributed by atoms with Crippen LogP contribution in [0.5, 0.6) is 5.75 Å². The van der Waals surface area contributed by atoms with Gasteiger partial charge in [-0.3, -0.25) is 0 Å². The van der Waals surface area contributed by atoms with E-state index in [1.165, 1.54) is 16.9 Å². The van der Waals surface area contributed by atoms with Crippen LogP contribution < -0.4 is 0 Å². The van der Waals surface area contributed by atoms with Crippen LogP contribution in [-0.4, -0.2) is 42.9 Å². The highest BCUT2D eigenvalue weighted by molar-refractivity contribution is 5.92. The van der Waals surface area contributed by atoms with Gasteiger partial charge < -0.3 is 15.3 Å². The van der Waals surface area contributed by atoms with Gasteiger partial charge in [0.15, 0.2) is 0 Å². The van der Waals surface area contributed by atoms with Crippen molar-refractivity contribution in [3.63, 3.8) is 0 Å². The number of phenolic OH excluding ortho intramolecular Hbond substituents is 1. The summed E-state index contributed by atoms with van der Waals surface area (Å²) < 4.78 is 0. The number of aliphatic hydroxyl groups is 1. The quantitative estimate of drug-likeness (QED) is 0.664. The molecular formula is C19H21N3O4. The largest absolute Gasteiger partial charge is 0.505 e. The van der Waals surface area contributed by atoms with E-state index in [0.717, 1.165) is 11.1 Å². The zero-order valence-corrected chi connectivity index (χ0v) is 14.9. The minimum absolute atomic E-state index is 0.00964. The third-order valence-electron chi connectivity index (χ3n) is 4.20. The minimum Gasteiger partial charge on any atom is -0.505 e. The van der Waals surface area contributed by atoms with E-state index in [0.29, 0.717) is 23.1 Å². The van der Waals surface area contributed by atoms with Crippen LogP contribution in [0, 0.1) is 0 Å². The van der Waals surface area contributed by atoms with Crippen LogP contribution in [0.15, 0.2) is 30.3 Å². The number of benzene rings is 2. The summed E-state index contributed by atoms with van der Waals surface area (Å²) in [5.74, 6) is -0.970. The van der Waals surface area contributed by atoms with E-state index in [1.54, 1.807) is 12.1 Å². The topological polar surface area (TPSA) is 108 Å². The second-order valence-electron chi connectivity index (χ2n) is 7.23. The number of rotatable bonds is 4. The number of aromatic carboxylic acids is 1. The highest BCUT2D eigenvalue weighted by Gasteiger charge is 2.23. The standard InChI is InChI=1S/C19H21N3O4/c1-19(2,3)13-8-11(6-7-23)9-16(17(13)24)22-20-14-5-4-12(18(25)26)10-15(14)21-22/h4-5,8-10,23-24H,6-7H2,1-3H3,(H,25,26). The van der Waals surface area contributed by atoms with E-state index in [1.807, 2.05) is 26.8 Å². The average molecular weight is 355 g/mol. The predicted molar refractivity (Wildman–Crippen MR) is 97.0 cm³/mol. The SMILES string of the molecule is CC(C)(C)c1cc(CCO)cc(-n2nc3ccc(C(=O)O)cc3n2)c1O. The summed E-state index contributed by atoms with van der Waals surface area (Å²) >= 11 is 0. The van der Waals surface area contributed by atoms with Crippen molar-refractivity contribution in [1.82, 2.24) is 15.0 Å². The predicted octanol–water partition coefficient (Wildman–Crippen LogP) is 2.66. The fraction of sp³-hybridized carbons (Fsp3) is 0.316. The van der Waals surface area contributed by atoms with Crippen LogP contribution >= 0.6 is 0 Å². The molecule has 0 saturated carbocycles. The minimum atomic E-state index is -1.04. The molecule has 3 aromatic rings. The average Bonchev–Trinajstić information content (AvgIpc) is 2.98. The lowest BCUT2D eigenvalue weighted by atomic mass is 9.84. The van der Waals surface area contributed by atoms with Crippen molar-refractivity contribution in [3.05, 3.63) is 47.0 Å². The molecule has 0 aliphatic carbocycles. The molecule has 0 amide bonds. The van der Waals surface area contributed by atoms with Crippen molar-refractivity contribution >= 4 is 17.0 Å². The number of nitrogens with zero attached hydrogens (tertiary/aromatic N) is 3. The summed E-state index contributed by atoms with van der Waals surface area (Å²) in [4.78, 5) is 12.4. The van der Waals surface area contributed by atoms with Gasteiger partial charge in [-0.05, 0) is 41.7 Å². The van der Waals surface area contributed by atoms with Crippen molar-refractivity contribution in [2.24, 2.45) is 0 Å². The first-order valence-corrected chi connectivity index (χ1v) is 8.28. The maximum atomic E-state index is 11.1. The monoisotopic (exact) mass is 355 g/mol. The Labute approximate surface area is 150 Å². The molecule has 0 aliphatic rings. The van der Waals surface area contributed by atoms with E-state index >= 15 is 0 Å². The third kappa shape index (κ3) is 3.25. The zero-order valence-electron chi connectivity index (χ0n) is 14.9. The second-order valence-corrected chi connectivity index (χ2v) is 7.23. The van der Waals surface area contributed by atoms with E-state index in [4.69, 9.17) is 5.11 Å². The van der Waals surface area contributed by atoms with Gasteiger partial charge in [-0.1, -0.05) is 26.8 Å². The molecule has 136 valence electrons. The molecule has 0 saturated heterocycles. The lowest BCUT2D eigenvalue weighted by molar-refractivity contribution is 0.0697. The molecule has 0 fully saturated rings. The zero-order chi connectivity index (χ0) is 19.1. The van der Waals surface area contributed by atoms with Gasteiger partial charge in [0, 0.05) is 12.2 Å². The molecule has 0 unspecified atom stereocenters. The molecule has 2 aromatic carbocycles. The molecule has 26 heavy (non-hydrogen) atoms. The Balaban J connectivity index is 2.20. The molecule has 7 nitrogen and oxygen atoms in total. The van der Waals surface area contributed by atoms with Gasteiger partial charge in [0.25, 0.3) is 0 Å². The number of aromatic hydroxyl groups is 1. The Morgan fingerprint density at radius 2 is 1.81 bits per heavy atom. The van der Waals surface area contributed by atoms with Gasteiger partial charge in [-0.2, -0.15) is 0 Å². The van der Waals surface area contributed by atoms with Crippen molar-refractivity contribution in [2.45, 2.75) is 32.6 Å². The van der Waals surface area contributed by atoms with Crippen molar-refractivity contribution in [3.8, 4) is 11.4 Å². The molecule has 3 N–H and O–H groups in total. The maximum Gasteiger partial charge on any atom is 0.335 e. The smallest absolute Gasteiger partial charge is 0.335 e. The molecule has 0 bridgehead atoms. The molecule has 3 rings (SSSR count). The van der Waals surface area contributed by atoms with E-state index in [-0.39, 0.29) is 23.3 Å². The van der Waals surface area contributed by atoms with Crippen LogP contribution in [0.25, 0.3) is 16.7 Å². The summed E-state index contributed by atoms with van der Waals surface area (Å²) in [6.07, 6.45) is 0.445. The summed E-state index contributed by atoms with van der Waals surface area (Å²) in [6.45, 7) is 5.95. The van der Waals surface area contributed by atoms with Gasteiger partial charge in [-0.15, -0.1) is 15.0 Å². The lowest BCUT2D eigenvalue weighted by Crippen LogP contribution is -2.14. The highest BCUT2D eigenvalue weighted by Crippen LogP contribution is 2.36. The van der Waals surface area contributed by atoms with Crippen LogP contribution in [0.1, 0.15) is 42.3 Å². The Morgan fingerprint density at radius 1 is 1.12 bits per heavy atom. The number of carboxylic acid groups (broad SMARTS) is 1. The highest BCUT2D eigenvalue weighted by atomic mass is 16.4. The van der Waals surface area contributed by atoms with Gasteiger partial charge in [0.1, 0.15) is 22.5 Å². The van der Waals surface area contributed by atoms with Crippen molar-refractivity contribution in [1.29, 1.82) is 0 Å². The number of carboxylic acids is 1. The molecular weight excluding hydrogens is 334 g/mol. The first-order valence-electron chi connectivity index (χ1n) is 8.28. The summed E-state index contributed by atoms with van der Waals surface area (Å²) in [5, 5.41) is 37.9. The van der Waals surface area contributed by atoms with Crippen molar-refractivity contribution < 1.29 is 20.1 Å². The second kappa shape index (κ2) is 6.42. The first kappa shape index (κ1) is 17.9. The molecule has 0 radical (unpaired) electrons. The van der Waals surface area contributed by atoms with E-state index < -0.39 is 5.97 Å². The van der Waals surface area contributed by atoms with Gasteiger partial charge >= 0.3 is 5.97 Å². The lowest BCUT2D eigenvalue weighted by Gasteiger charge is -2.23. The number of fused-ring (bicyclic) bond motifs is 1. The number of hydrogen-bond acceptors (Lipinski definition) is 5. The van der Waals surface area contributed by atoms with E-state index in [2.05, 4.69) is 10.2 Å². The number of aromatic nitrogens is 3. The van der Waals surface area contributed by atoms with Crippen molar-refractivity contribution in [2.75, 3.05) is 6.61 Å². The summed E-state index contributed by atoms with van der Waals surface area (Å²) in [7, 11) is 0. The number of carbonyl (C=O) groups is 1.